The molecule has 0 saturated carbocycles. The van der Waals surface area contributed by atoms with Crippen LogP contribution in [0.4, 0.5) is 11.4 Å². The van der Waals surface area contributed by atoms with Gasteiger partial charge in [-0.2, -0.15) is 0 Å². The number of anilines is 2. The maximum absolute atomic E-state index is 12.6. The van der Waals surface area contributed by atoms with Gasteiger partial charge in [-0.1, -0.05) is 12.1 Å². The van der Waals surface area contributed by atoms with Gasteiger partial charge in [-0.15, -0.1) is 0 Å². The van der Waals surface area contributed by atoms with Crippen molar-refractivity contribution in [3.63, 3.8) is 0 Å². The molecule has 0 saturated heterocycles. The number of nitrogens with two attached hydrogens (primary N) is 1. The lowest BCUT2D eigenvalue weighted by atomic mass is 10.0. The van der Waals surface area contributed by atoms with Gasteiger partial charge in [-0.05, 0) is 83.9 Å². The summed E-state index contributed by atoms with van der Waals surface area (Å²) >= 11 is 0. The van der Waals surface area contributed by atoms with Gasteiger partial charge in [0, 0.05) is 11.1 Å². The van der Waals surface area contributed by atoms with Gasteiger partial charge in [-0.3, -0.25) is 9.59 Å². The molecular formula is C26H20N2O5. The molecule has 5 N–H and O–H groups in total. The molecule has 164 valence electrons. The van der Waals surface area contributed by atoms with Crippen LogP contribution in [0.3, 0.4) is 0 Å². The third-order valence-corrected chi connectivity index (χ3v) is 4.98. The zero-order chi connectivity index (χ0) is 23.4. The number of phenolic OH excluding ortho intramolecular Hbond substituents is 2. The fraction of sp³-hybridized carbons (Fsp3) is 0. The second kappa shape index (κ2) is 9.15. The number of rotatable bonds is 6. The van der Waals surface area contributed by atoms with Crippen molar-refractivity contribution in [3.8, 4) is 34.1 Å². The lowest BCUT2D eigenvalue weighted by Gasteiger charge is -2.11. The molecule has 33 heavy (non-hydrogen) atoms. The molecule has 0 spiro atoms. The Kier molecular flexibility index (Phi) is 5.95. The van der Waals surface area contributed by atoms with E-state index in [2.05, 4.69) is 5.32 Å². The van der Waals surface area contributed by atoms with Gasteiger partial charge in [0.15, 0.2) is 0 Å². The number of carbonyl (C=O) groups is 2. The van der Waals surface area contributed by atoms with Gasteiger partial charge in [0.1, 0.15) is 29.3 Å². The number of aromatic hydroxyl groups is 2. The standard InChI is InChI=1S/C26H20N2O5/c27-22-11-5-18(13-24(22)30)19-6-12-23(25(31)14-19)28-26(32)17-3-9-21(10-4-17)33-20-7-1-16(15-29)2-8-20/h1-15,30-31H,27H2,(H,28,32). The van der Waals surface area contributed by atoms with E-state index in [1.165, 1.54) is 12.1 Å². The summed E-state index contributed by atoms with van der Waals surface area (Å²) in [5.41, 5.74) is 8.40. The third-order valence-electron chi connectivity index (χ3n) is 4.98. The van der Waals surface area contributed by atoms with Gasteiger partial charge in [0.2, 0.25) is 0 Å². The zero-order valence-corrected chi connectivity index (χ0v) is 17.4. The van der Waals surface area contributed by atoms with Crippen molar-refractivity contribution in [2.75, 3.05) is 11.1 Å². The number of phenols is 2. The number of carbonyl (C=O) groups excluding carboxylic acids is 2. The van der Waals surface area contributed by atoms with Crippen molar-refractivity contribution in [3.05, 3.63) is 96.1 Å². The molecule has 4 rings (SSSR count). The van der Waals surface area contributed by atoms with E-state index in [9.17, 15) is 19.8 Å². The predicted molar refractivity (Wildman–Crippen MR) is 126 cm³/mol. The topological polar surface area (TPSA) is 122 Å². The highest BCUT2D eigenvalue weighted by atomic mass is 16.5. The maximum Gasteiger partial charge on any atom is 0.255 e. The second-order valence-electron chi connectivity index (χ2n) is 7.27. The van der Waals surface area contributed by atoms with Crippen LogP contribution in [0, 0.1) is 0 Å². The second-order valence-corrected chi connectivity index (χ2v) is 7.27. The molecule has 0 aliphatic rings. The Hall–Kier alpha value is -4.78. The SMILES string of the molecule is Nc1ccc(-c2ccc(NC(=O)c3ccc(Oc4ccc(C=O)cc4)cc3)c(O)c2)cc1O. The van der Waals surface area contributed by atoms with Crippen LogP contribution in [0.2, 0.25) is 0 Å². The van der Waals surface area contributed by atoms with Crippen molar-refractivity contribution < 1.29 is 24.5 Å². The molecule has 7 nitrogen and oxygen atoms in total. The lowest BCUT2D eigenvalue weighted by molar-refractivity contribution is 0.102. The van der Waals surface area contributed by atoms with Gasteiger partial charge < -0.3 is 26.0 Å². The van der Waals surface area contributed by atoms with Crippen molar-refractivity contribution >= 4 is 23.6 Å². The molecule has 1 amide bonds. The summed E-state index contributed by atoms with van der Waals surface area (Å²) in [5, 5.41) is 22.8. The fourth-order valence-corrected chi connectivity index (χ4v) is 3.16. The monoisotopic (exact) mass is 440 g/mol. The molecule has 0 heterocycles. The van der Waals surface area contributed by atoms with E-state index >= 15 is 0 Å². The van der Waals surface area contributed by atoms with E-state index < -0.39 is 5.91 Å². The summed E-state index contributed by atoms with van der Waals surface area (Å²) in [7, 11) is 0. The van der Waals surface area contributed by atoms with E-state index in [0.29, 0.717) is 33.8 Å². The highest BCUT2D eigenvalue weighted by Crippen LogP contribution is 2.33. The minimum Gasteiger partial charge on any atom is -0.506 e. The molecule has 0 bridgehead atoms. The van der Waals surface area contributed by atoms with E-state index in [-0.39, 0.29) is 22.9 Å². The molecule has 0 radical (unpaired) electrons. The summed E-state index contributed by atoms with van der Waals surface area (Å²) in [6, 6.07) is 22.8. The Morgan fingerprint density at radius 2 is 1.36 bits per heavy atom. The molecule has 0 aromatic heterocycles. The minimum absolute atomic E-state index is 0.0465. The maximum atomic E-state index is 12.6. The summed E-state index contributed by atoms with van der Waals surface area (Å²) in [6.07, 6.45) is 0.755. The van der Waals surface area contributed by atoms with Crippen molar-refractivity contribution in [1.82, 2.24) is 0 Å². The molecule has 7 heteroatoms. The van der Waals surface area contributed by atoms with Gasteiger partial charge in [-0.25, -0.2) is 0 Å². The predicted octanol–water partition coefficient (Wildman–Crippen LogP) is 5.20. The summed E-state index contributed by atoms with van der Waals surface area (Å²) in [4.78, 5) is 23.3. The molecule has 0 atom stereocenters. The highest BCUT2D eigenvalue weighted by molar-refractivity contribution is 6.05. The first kappa shape index (κ1) is 21.5. The summed E-state index contributed by atoms with van der Waals surface area (Å²) < 4.78 is 5.71. The minimum atomic E-state index is -0.398. The number of ether oxygens (including phenoxy) is 1. The van der Waals surface area contributed by atoms with E-state index in [1.807, 2.05) is 0 Å². The summed E-state index contributed by atoms with van der Waals surface area (Å²) in [6.45, 7) is 0. The summed E-state index contributed by atoms with van der Waals surface area (Å²) in [5.74, 6) is 0.539. The van der Waals surface area contributed by atoms with Crippen LogP contribution in [0.15, 0.2) is 84.9 Å². The van der Waals surface area contributed by atoms with Crippen LogP contribution in [-0.2, 0) is 0 Å². The fourth-order valence-electron chi connectivity index (χ4n) is 3.16. The first-order valence-corrected chi connectivity index (χ1v) is 9.99. The van der Waals surface area contributed by atoms with Crippen LogP contribution in [-0.4, -0.2) is 22.4 Å². The van der Waals surface area contributed by atoms with Crippen LogP contribution < -0.4 is 15.8 Å². The molecule has 0 aliphatic carbocycles. The van der Waals surface area contributed by atoms with Crippen LogP contribution in [0.25, 0.3) is 11.1 Å². The van der Waals surface area contributed by atoms with E-state index in [0.717, 1.165) is 6.29 Å². The van der Waals surface area contributed by atoms with E-state index in [1.54, 1.807) is 72.8 Å². The van der Waals surface area contributed by atoms with Crippen LogP contribution >= 0.6 is 0 Å². The number of nitrogens with one attached hydrogen (secondary N) is 1. The highest BCUT2D eigenvalue weighted by Gasteiger charge is 2.11. The normalized spacial score (nSPS) is 10.4. The average Bonchev–Trinajstić information content (AvgIpc) is 2.83. The molecule has 4 aromatic carbocycles. The van der Waals surface area contributed by atoms with Crippen molar-refractivity contribution in [2.24, 2.45) is 0 Å². The first-order valence-electron chi connectivity index (χ1n) is 9.99. The molecule has 0 aliphatic heterocycles. The molecule has 4 aromatic rings. The Balaban J connectivity index is 1.44. The Bertz CT molecular complexity index is 1320. The number of hydrogen-bond donors (Lipinski definition) is 4. The van der Waals surface area contributed by atoms with Gasteiger partial charge in [0.05, 0.1) is 11.4 Å². The Morgan fingerprint density at radius 3 is 1.94 bits per heavy atom. The van der Waals surface area contributed by atoms with Crippen LogP contribution in [0.1, 0.15) is 20.7 Å². The number of aldehydes is 1. The largest absolute Gasteiger partial charge is 0.506 e. The number of nitrogen functional groups attached to an aromatic ring is 1. The first-order chi connectivity index (χ1) is 15.9. The van der Waals surface area contributed by atoms with E-state index in [4.69, 9.17) is 10.5 Å². The third kappa shape index (κ3) is 4.94. The average molecular weight is 440 g/mol. The van der Waals surface area contributed by atoms with Gasteiger partial charge >= 0.3 is 0 Å². The quantitative estimate of drug-likeness (QED) is 0.186. The number of amides is 1. The van der Waals surface area contributed by atoms with Crippen LogP contribution in [0.5, 0.6) is 23.0 Å². The Labute approximate surface area is 189 Å². The van der Waals surface area contributed by atoms with Gasteiger partial charge in [0.25, 0.3) is 5.91 Å². The number of hydrogen-bond acceptors (Lipinski definition) is 6. The Morgan fingerprint density at radius 1 is 0.788 bits per heavy atom. The molecule has 0 fully saturated rings. The van der Waals surface area contributed by atoms with Crippen molar-refractivity contribution in [2.45, 2.75) is 0 Å². The molecular weight excluding hydrogens is 420 g/mol. The molecule has 0 unspecified atom stereocenters. The number of benzene rings is 4. The smallest absolute Gasteiger partial charge is 0.255 e. The van der Waals surface area contributed by atoms with Crippen molar-refractivity contribution in [1.29, 1.82) is 0 Å². The lowest BCUT2D eigenvalue weighted by Crippen LogP contribution is -2.11. The zero-order valence-electron chi connectivity index (χ0n) is 17.4.